The first-order valence-electron chi connectivity index (χ1n) is 13.8. The molecule has 0 N–H and O–H groups in total. The third-order valence-corrected chi connectivity index (χ3v) is 10.6. The van der Waals surface area contributed by atoms with Crippen molar-refractivity contribution in [3.8, 4) is 0 Å². The van der Waals surface area contributed by atoms with Crippen LogP contribution >= 0.6 is 0 Å². The van der Waals surface area contributed by atoms with Crippen molar-refractivity contribution in [2.45, 2.75) is 126 Å². The molecule has 5 aliphatic heterocycles. The summed E-state index contributed by atoms with van der Waals surface area (Å²) in [7, 11) is -9.52. The molecule has 0 aliphatic carbocycles. The molecule has 0 radical (unpaired) electrons. The summed E-state index contributed by atoms with van der Waals surface area (Å²) >= 11 is 0. The average Bonchev–Trinajstić information content (AvgIpc) is 3.35. The zero-order chi connectivity index (χ0) is 29.9. The van der Waals surface area contributed by atoms with Crippen molar-refractivity contribution in [3.05, 3.63) is 0 Å². The van der Waals surface area contributed by atoms with Crippen molar-refractivity contribution in [2.24, 2.45) is 0 Å². The van der Waals surface area contributed by atoms with Gasteiger partial charge in [0.15, 0.2) is 45.5 Å². The summed E-state index contributed by atoms with van der Waals surface area (Å²) in [6, 6.07) is 0. The maximum atomic E-state index is 14.0. The summed E-state index contributed by atoms with van der Waals surface area (Å²) in [6.07, 6.45) is -3.42. The molecule has 0 amide bonds. The van der Waals surface area contributed by atoms with E-state index in [4.69, 9.17) is 46.1 Å². The smallest absolute Gasteiger partial charge is 0.372 e. The van der Waals surface area contributed by atoms with Crippen LogP contribution in [-0.4, -0.2) is 106 Å². The Bertz CT molecular complexity index is 998. The van der Waals surface area contributed by atoms with Gasteiger partial charge in [-0.1, -0.05) is 0 Å². The Kier molecular flexibility index (Phi) is 6.97. The molecule has 5 heterocycles. The van der Waals surface area contributed by atoms with Crippen LogP contribution in [-0.2, 0) is 55.7 Å². The molecule has 5 fully saturated rings. The van der Waals surface area contributed by atoms with E-state index >= 15 is 0 Å². The van der Waals surface area contributed by atoms with Gasteiger partial charge < -0.3 is 36.7 Å². The van der Waals surface area contributed by atoms with E-state index in [1.165, 1.54) is 0 Å². The molecule has 0 aromatic rings. The molecule has 228 valence electrons. The van der Waals surface area contributed by atoms with Crippen LogP contribution in [0, 0.1) is 0 Å². The fourth-order valence-corrected chi connectivity index (χ4v) is 10.4. The van der Waals surface area contributed by atoms with Crippen molar-refractivity contribution in [2.75, 3.05) is 13.2 Å². The largest absolute Gasteiger partial charge is 0.449 e. The second-order valence-electron chi connectivity index (χ2n) is 15.0. The number of carbonyl (C=O) groups is 2. The van der Waals surface area contributed by atoms with E-state index in [1.54, 1.807) is 0 Å². The minimum atomic E-state index is -2.63. The van der Waals surface area contributed by atoms with Gasteiger partial charge in [0.25, 0.3) is 11.6 Å². The van der Waals surface area contributed by atoms with Crippen LogP contribution < -0.4 is 0 Å². The van der Waals surface area contributed by atoms with E-state index in [2.05, 4.69) is 0 Å². The first-order valence-corrected chi connectivity index (χ1v) is 27.5. The summed E-state index contributed by atoms with van der Waals surface area (Å²) in [5.41, 5.74) is 0. The number of ether oxygens (including phenoxy) is 6. The molecule has 8 unspecified atom stereocenters. The number of carbonyl (C=O) groups excluding carboxylic acids is 2. The predicted molar refractivity (Wildman–Crippen MR) is 150 cm³/mol. The van der Waals surface area contributed by atoms with Gasteiger partial charge in [0.2, 0.25) is 0 Å². The van der Waals surface area contributed by atoms with Crippen molar-refractivity contribution in [3.63, 3.8) is 0 Å². The standard InChI is InChI=1S/C24H44O12Si4/c1-37(2,3)31-15-13-27-21-17(15)29-19(25)23(21,35-39(7,8)9)34-24(36-40(10,11)12)20(26)30-18-16(32-38(4,5)6)14-28-22(18,24)33-21/h15-18H,13-14H2,1-12H3. The molecule has 40 heavy (non-hydrogen) atoms. The normalized spacial score (nSPS) is 43.2. The SMILES string of the molecule is C[Si](C)(C)OC1COC23OC45OCC(O[Si](C)(C)C)C4OC(=O)C5(O[Si](C)(C)C)OC2(O[Si](C)(C)C)C(=O)OC13. The number of hydrogen-bond acceptors (Lipinski definition) is 12. The minimum Gasteiger partial charge on any atom is -0.449 e. The lowest BCUT2D eigenvalue weighted by atomic mass is 9.93. The van der Waals surface area contributed by atoms with Gasteiger partial charge in [-0.05, 0) is 78.6 Å². The topological polar surface area (TPSA) is 126 Å². The highest BCUT2D eigenvalue weighted by Crippen LogP contribution is 2.64. The Morgan fingerprint density at radius 2 is 0.925 bits per heavy atom. The van der Waals surface area contributed by atoms with Crippen molar-refractivity contribution >= 4 is 45.2 Å². The summed E-state index contributed by atoms with van der Waals surface area (Å²) < 4.78 is 64.1. The average molecular weight is 637 g/mol. The monoisotopic (exact) mass is 636 g/mol. The molecule has 0 saturated carbocycles. The summed E-state index contributed by atoms with van der Waals surface area (Å²) in [6.45, 7) is 23.6. The third kappa shape index (κ3) is 4.66. The highest BCUT2D eigenvalue weighted by molar-refractivity contribution is 6.71. The number of esters is 2. The maximum absolute atomic E-state index is 14.0. The second kappa shape index (κ2) is 9.01. The molecule has 0 aromatic heterocycles. The van der Waals surface area contributed by atoms with Crippen LogP contribution in [0.15, 0.2) is 0 Å². The molecule has 0 aromatic carbocycles. The van der Waals surface area contributed by atoms with Gasteiger partial charge in [-0.25, -0.2) is 9.59 Å². The van der Waals surface area contributed by atoms with E-state index in [1.807, 2.05) is 78.6 Å². The Morgan fingerprint density at radius 3 is 1.23 bits per heavy atom. The lowest BCUT2D eigenvalue weighted by molar-refractivity contribution is -0.522. The molecule has 8 atom stereocenters. The number of hydrogen-bond donors (Lipinski definition) is 0. The molecule has 16 heteroatoms. The molecule has 5 saturated heterocycles. The van der Waals surface area contributed by atoms with Gasteiger partial charge in [0.1, 0.15) is 12.2 Å². The maximum Gasteiger partial charge on any atom is 0.372 e. The van der Waals surface area contributed by atoms with Gasteiger partial charge in [-0.3, -0.25) is 9.47 Å². The van der Waals surface area contributed by atoms with Crippen LogP contribution in [0.25, 0.3) is 0 Å². The minimum absolute atomic E-state index is 0.0502. The molecular formula is C24H44O12Si4. The fraction of sp³-hybridized carbons (Fsp3) is 0.917. The van der Waals surface area contributed by atoms with E-state index in [-0.39, 0.29) is 13.2 Å². The fourth-order valence-electron chi connectivity index (χ4n) is 5.97. The van der Waals surface area contributed by atoms with E-state index < -0.39 is 92.8 Å². The molecule has 5 aliphatic rings. The Hall–Kier alpha value is -0.512. The summed E-state index contributed by atoms with van der Waals surface area (Å²) in [5, 5.41) is 0. The van der Waals surface area contributed by atoms with E-state index in [0.29, 0.717) is 0 Å². The quantitative estimate of drug-likeness (QED) is 0.287. The molecule has 0 bridgehead atoms. The van der Waals surface area contributed by atoms with E-state index in [9.17, 15) is 9.59 Å². The summed E-state index contributed by atoms with van der Waals surface area (Å²) in [5.74, 6) is -10.2. The van der Waals surface area contributed by atoms with Gasteiger partial charge in [-0.15, -0.1) is 0 Å². The highest BCUT2D eigenvalue weighted by Gasteiger charge is 2.93. The zero-order valence-corrected chi connectivity index (χ0v) is 29.6. The van der Waals surface area contributed by atoms with Crippen molar-refractivity contribution < 1.29 is 55.7 Å². The zero-order valence-electron chi connectivity index (χ0n) is 25.6. The number of rotatable bonds is 8. The van der Waals surface area contributed by atoms with Crippen LogP contribution in [0.2, 0.25) is 78.6 Å². The predicted octanol–water partition coefficient (Wildman–Crippen LogP) is 2.87. The van der Waals surface area contributed by atoms with Gasteiger partial charge in [0, 0.05) is 0 Å². The summed E-state index contributed by atoms with van der Waals surface area (Å²) in [4.78, 5) is 27.9. The van der Waals surface area contributed by atoms with Crippen molar-refractivity contribution in [1.29, 1.82) is 0 Å². The lowest BCUT2D eigenvalue weighted by Crippen LogP contribution is -2.81. The first-order chi connectivity index (χ1) is 18.0. The Balaban J connectivity index is 1.70. The van der Waals surface area contributed by atoms with Crippen molar-refractivity contribution in [1.82, 2.24) is 0 Å². The third-order valence-electron chi connectivity index (χ3n) is 6.77. The van der Waals surface area contributed by atoms with E-state index in [0.717, 1.165) is 0 Å². The van der Waals surface area contributed by atoms with Crippen LogP contribution in [0.3, 0.4) is 0 Å². The Labute approximate surface area is 240 Å². The lowest BCUT2D eigenvalue weighted by Gasteiger charge is -2.56. The van der Waals surface area contributed by atoms with Gasteiger partial charge in [-0.2, -0.15) is 0 Å². The van der Waals surface area contributed by atoms with Gasteiger partial charge >= 0.3 is 23.5 Å². The van der Waals surface area contributed by atoms with Crippen LogP contribution in [0.4, 0.5) is 0 Å². The molecular weight excluding hydrogens is 593 g/mol. The van der Waals surface area contributed by atoms with Crippen LogP contribution in [0.5, 0.6) is 0 Å². The van der Waals surface area contributed by atoms with Gasteiger partial charge in [0.05, 0.1) is 13.2 Å². The van der Waals surface area contributed by atoms with Crippen LogP contribution in [0.1, 0.15) is 0 Å². The second-order valence-corrected chi connectivity index (χ2v) is 32.8. The first kappa shape index (κ1) is 30.9. The highest BCUT2D eigenvalue weighted by atomic mass is 28.4. The molecule has 2 spiro atoms. The molecule has 12 nitrogen and oxygen atoms in total. The Morgan fingerprint density at radius 1 is 0.575 bits per heavy atom. The molecule has 5 rings (SSSR count).